The first kappa shape index (κ1) is 21.4. The molecule has 0 aliphatic carbocycles. The Labute approximate surface area is 194 Å². The molecule has 3 atom stereocenters. The molecule has 2 saturated heterocycles. The van der Waals surface area contributed by atoms with E-state index in [0.717, 1.165) is 38.2 Å². The van der Waals surface area contributed by atoms with Gasteiger partial charge in [0.15, 0.2) is 0 Å². The van der Waals surface area contributed by atoms with Gasteiger partial charge in [0, 0.05) is 62.0 Å². The maximum absolute atomic E-state index is 13.4. The quantitative estimate of drug-likeness (QED) is 0.528. The van der Waals surface area contributed by atoms with E-state index in [2.05, 4.69) is 69.7 Å². The normalized spacial score (nSPS) is 23.5. The van der Waals surface area contributed by atoms with Crippen molar-refractivity contribution in [1.29, 1.82) is 0 Å². The van der Waals surface area contributed by atoms with Crippen molar-refractivity contribution in [1.82, 2.24) is 14.8 Å². The van der Waals surface area contributed by atoms with E-state index in [1.54, 1.807) is 23.7 Å². The van der Waals surface area contributed by atoms with Crippen LogP contribution in [0, 0.1) is 5.92 Å². The molecule has 0 unspecified atom stereocenters. The Morgan fingerprint density at radius 2 is 1.88 bits per heavy atom. The lowest BCUT2D eigenvalue weighted by Gasteiger charge is -2.39. The number of thiophene rings is 1. The van der Waals surface area contributed by atoms with Gasteiger partial charge in [-0.1, -0.05) is 38.1 Å². The van der Waals surface area contributed by atoms with Crippen LogP contribution in [0.1, 0.15) is 59.2 Å². The van der Waals surface area contributed by atoms with Crippen molar-refractivity contribution in [3.8, 4) is 0 Å². The highest BCUT2D eigenvalue weighted by Gasteiger charge is 2.47. The highest BCUT2D eigenvalue weighted by atomic mass is 32.1. The van der Waals surface area contributed by atoms with Crippen LogP contribution in [0.5, 0.6) is 0 Å². The van der Waals surface area contributed by atoms with Crippen molar-refractivity contribution in [3.63, 3.8) is 0 Å². The summed E-state index contributed by atoms with van der Waals surface area (Å²) in [5.41, 5.74) is 4.91. The van der Waals surface area contributed by atoms with Crippen LogP contribution in [0.15, 0.2) is 65.6 Å². The predicted octanol–water partition coefficient (Wildman–Crippen LogP) is 5.40. The molecule has 166 valence electrons. The maximum Gasteiger partial charge on any atom is 0.254 e. The standard InChI is InChI=1S/C27H31N3OS/c1-19(2)21-5-3-20(4-6-21)15-29-13-9-26-25(16-29)24(23-10-14-32-18-23)17-30(26)27(31)22-7-11-28-12-8-22/h3-8,10-12,14,18-19,24-26H,9,13,15-17H2,1-2H3/t24-,25-,26-/m0/s1. The van der Waals surface area contributed by atoms with Crippen LogP contribution in [-0.4, -0.2) is 46.4 Å². The number of piperidine rings is 1. The summed E-state index contributed by atoms with van der Waals surface area (Å²) in [4.78, 5) is 22.2. The van der Waals surface area contributed by atoms with Gasteiger partial charge in [-0.05, 0) is 58.0 Å². The molecule has 1 amide bonds. The van der Waals surface area contributed by atoms with Crippen LogP contribution in [0.3, 0.4) is 0 Å². The topological polar surface area (TPSA) is 36.4 Å². The Hall–Kier alpha value is -2.50. The summed E-state index contributed by atoms with van der Waals surface area (Å²) in [6.45, 7) is 8.34. The minimum atomic E-state index is 0.151. The third-order valence-electron chi connectivity index (χ3n) is 7.23. The van der Waals surface area contributed by atoms with E-state index in [1.165, 1.54) is 16.7 Å². The largest absolute Gasteiger partial charge is 0.335 e. The van der Waals surface area contributed by atoms with Gasteiger partial charge >= 0.3 is 0 Å². The van der Waals surface area contributed by atoms with E-state index < -0.39 is 0 Å². The van der Waals surface area contributed by atoms with Gasteiger partial charge < -0.3 is 4.90 Å². The first-order chi connectivity index (χ1) is 15.6. The molecular weight excluding hydrogens is 414 g/mol. The maximum atomic E-state index is 13.4. The Morgan fingerprint density at radius 1 is 1.09 bits per heavy atom. The highest BCUT2D eigenvalue weighted by molar-refractivity contribution is 7.08. The first-order valence-electron chi connectivity index (χ1n) is 11.6. The molecule has 4 heterocycles. The molecule has 0 saturated carbocycles. The highest BCUT2D eigenvalue weighted by Crippen LogP contribution is 2.43. The van der Waals surface area contributed by atoms with E-state index in [0.29, 0.717) is 23.8 Å². The minimum absolute atomic E-state index is 0.151. The van der Waals surface area contributed by atoms with Gasteiger partial charge in [0.2, 0.25) is 0 Å². The molecule has 1 aromatic carbocycles. The van der Waals surface area contributed by atoms with Crippen molar-refractivity contribution in [3.05, 3.63) is 87.9 Å². The van der Waals surface area contributed by atoms with Crippen molar-refractivity contribution < 1.29 is 4.79 Å². The fourth-order valence-corrected chi connectivity index (χ4v) is 6.17. The molecule has 2 aliphatic rings. The number of hydrogen-bond acceptors (Lipinski definition) is 4. The second-order valence-electron chi connectivity index (χ2n) is 9.51. The molecule has 5 rings (SSSR count). The SMILES string of the molecule is CC(C)c1ccc(CN2CC[C@H]3[C@@H](C2)[C@H](c2ccsc2)CN3C(=O)c2ccncc2)cc1. The first-order valence-corrected chi connectivity index (χ1v) is 12.6. The molecule has 3 aromatic rings. The van der Waals surface area contributed by atoms with Crippen LogP contribution in [0.4, 0.5) is 0 Å². The molecular formula is C27H31N3OS. The Bertz CT molecular complexity index is 1030. The summed E-state index contributed by atoms with van der Waals surface area (Å²) in [7, 11) is 0. The second kappa shape index (κ2) is 9.16. The number of benzene rings is 1. The molecule has 2 fully saturated rings. The number of nitrogens with zero attached hydrogens (tertiary/aromatic N) is 3. The molecule has 0 radical (unpaired) electrons. The van der Waals surface area contributed by atoms with Gasteiger partial charge in [0.05, 0.1) is 0 Å². The summed E-state index contributed by atoms with van der Waals surface area (Å²) in [5, 5.41) is 4.43. The van der Waals surface area contributed by atoms with Gasteiger partial charge in [0.25, 0.3) is 5.91 Å². The molecule has 2 aliphatic heterocycles. The zero-order valence-electron chi connectivity index (χ0n) is 18.9. The third kappa shape index (κ3) is 4.24. The van der Waals surface area contributed by atoms with Gasteiger partial charge in [-0.15, -0.1) is 0 Å². The Morgan fingerprint density at radius 3 is 2.56 bits per heavy atom. The molecule has 0 bridgehead atoms. The number of hydrogen-bond donors (Lipinski definition) is 0. The molecule has 2 aromatic heterocycles. The third-order valence-corrected chi connectivity index (χ3v) is 7.93. The smallest absolute Gasteiger partial charge is 0.254 e. The van der Waals surface area contributed by atoms with Gasteiger partial charge in [0.1, 0.15) is 0 Å². The van der Waals surface area contributed by atoms with Gasteiger partial charge in [-0.25, -0.2) is 0 Å². The summed E-state index contributed by atoms with van der Waals surface area (Å²) in [6, 6.07) is 15.3. The van der Waals surface area contributed by atoms with Crippen LogP contribution < -0.4 is 0 Å². The minimum Gasteiger partial charge on any atom is -0.335 e. The van der Waals surface area contributed by atoms with Gasteiger partial charge in [-0.2, -0.15) is 11.3 Å². The molecule has 0 N–H and O–H groups in total. The van der Waals surface area contributed by atoms with Crippen LogP contribution in [0.2, 0.25) is 0 Å². The van der Waals surface area contributed by atoms with Crippen molar-refractivity contribution in [2.24, 2.45) is 5.92 Å². The van der Waals surface area contributed by atoms with Crippen LogP contribution in [0.25, 0.3) is 0 Å². The van der Waals surface area contributed by atoms with E-state index >= 15 is 0 Å². The van der Waals surface area contributed by atoms with Crippen molar-refractivity contribution >= 4 is 17.2 Å². The Balaban J connectivity index is 1.35. The number of fused-ring (bicyclic) bond motifs is 1. The molecule has 32 heavy (non-hydrogen) atoms. The summed E-state index contributed by atoms with van der Waals surface area (Å²) >= 11 is 1.75. The molecule has 4 nitrogen and oxygen atoms in total. The van der Waals surface area contributed by atoms with Gasteiger partial charge in [-0.3, -0.25) is 14.7 Å². The van der Waals surface area contributed by atoms with E-state index in [4.69, 9.17) is 0 Å². The fourth-order valence-electron chi connectivity index (χ4n) is 5.45. The lowest BCUT2D eigenvalue weighted by molar-refractivity contribution is 0.0614. The van der Waals surface area contributed by atoms with Crippen molar-refractivity contribution in [2.75, 3.05) is 19.6 Å². The molecule has 0 spiro atoms. The zero-order chi connectivity index (χ0) is 22.1. The molecule has 5 heteroatoms. The summed E-state index contributed by atoms with van der Waals surface area (Å²) in [6.07, 6.45) is 4.46. The lowest BCUT2D eigenvalue weighted by Crippen LogP contribution is -2.47. The lowest BCUT2D eigenvalue weighted by atomic mass is 9.82. The monoisotopic (exact) mass is 445 g/mol. The van der Waals surface area contributed by atoms with E-state index in [1.807, 2.05) is 12.1 Å². The number of aromatic nitrogens is 1. The van der Waals surface area contributed by atoms with Crippen LogP contribution in [-0.2, 0) is 6.54 Å². The second-order valence-corrected chi connectivity index (χ2v) is 10.3. The number of likely N-dealkylation sites (tertiary alicyclic amines) is 2. The van der Waals surface area contributed by atoms with E-state index in [9.17, 15) is 4.79 Å². The van der Waals surface area contributed by atoms with Crippen LogP contribution >= 0.6 is 11.3 Å². The van der Waals surface area contributed by atoms with E-state index in [-0.39, 0.29) is 5.91 Å². The average molecular weight is 446 g/mol. The number of amides is 1. The summed E-state index contributed by atoms with van der Waals surface area (Å²) in [5.74, 6) is 1.59. The number of carbonyl (C=O) groups excluding carboxylic acids is 1. The number of pyridine rings is 1. The average Bonchev–Trinajstić information content (AvgIpc) is 3.47. The van der Waals surface area contributed by atoms with Crippen molar-refractivity contribution in [2.45, 2.75) is 44.7 Å². The zero-order valence-corrected chi connectivity index (χ0v) is 19.7. The fraction of sp³-hybridized carbons (Fsp3) is 0.407. The number of rotatable bonds is 5. The Kier molecular flexibility index (Phi) is 6.11. The predicted molar refractivity (Wildman–Crippen MR) is 130 cm³/mol. The summed E-state index contributed by atoms with van der Waals surface area (Å²) < 4.78 is 0. The number of carbonyl (C=O) groups is 1.